The highest BCUT2D eigenvalue weighted by atomic mass is 32.1. The predicted molar refractivity (Wildman–Crippen MR) is 89.7 cm³/mol. The lowest BCUT2D eigenvalue weighted by Gasteiger charge is -2.30. The van der Waals surface area contributed by atoms with E-state index in [1.165, 1.54) is 11.3 Å². The average molecular weight is 324 g/mol. The molecule has 1 amide bonds. The number of amides is 1. The summed E-state index contributed by atoms with van der Waals surface area (Å²) in [6, 6.07) is 2.23. The number of fused-ring (bicyclic) bond motifs is 1. The van der Waals surface area contributed by atoms with Gasteiger partial charge in [-0.1, -0.05) is 18.3 Å². The van der Waals surface area contributed by atoms with Crippen LogP contribution in [0.2, 0.25) is 0 Å². The Hall–Kier alpha value is -1.18. The second kappa shape index (κ2) is 5.90. The fourth-order valence-electron chi connectivity index (χ4n) is 2.49. The Balaban J connectivity index is 1.73. The van der Waals surface area contributed by atoms with Crippen LogP contribution in [0.25, 0.3) is 9.53 Å². The molecule has 2 aromatic heterocycles. The Bertz CT molecular complexity index is 617. The van der Waals surface area contributed by atoms with Crippen LogP contribution in [0.15, 0.2) is 6.07 Å². The van der Waals surface area contributed by atoms with Gasteiger partial charge in [-0.2, -0.15) is 0 Å². The van der Waals surface area contributed by atoms with Crippen molar-refractivity contribution in [2.45, 2.75) is 19.4 Å². The first-order chi connectivity index (χ1) is 10.0. The standard InChI is InChI=1S/C14H20N4OS2/c1-8-7-15-5-4-9(8)16-12(19)10-6-11-13(20-10)17-14(21-11)18(2)3/h6,8-9,15H,4-5,7H2,1-3H3,(H,16,19). The highest BCUT2D eigenvalue weighted by Crippen LogP contribution is 2.33. The third-order valence-corrected chi connectivity index (χ3v) is 6.11. The number of nitrogens with zero attached hydrogens (tertiary/aromatic N) is 2. The number of nitrogens with one attached hydrogen (secondary N) is 2. The van der Waals surface area contributed by atoms with E-state index < -0.39 is 0 Å². The van der Waals surface area contributed by atoms with Gasteiger partial charge in [-0.25, -0.2) is 4.98 Å². The van der Waals surface area contributed by atoms with Gasteiger partial charge in [-0.05, 0) is 31.5 Å². The first kappa shape index (κ1) is 14.7. The fraction of sp³-hybridized carbons (Fsp3) is 0.571. The van der Waals surface area contributed by atoms with E-state index in [0.717, 1.165) is 39.0 Å². The number of anilines is 1. The van der Waals surface area contributed by atoms with E-state index in [9.17, 15) is 4.79 Å². The number of aromatic nitrogens is 1. The Morgan fingerprint density at radius 1 is 1.48 bits per heavy atom. The first-order valence-electron chi connectivity index (χ1n) is 7.14. The van der Waals surface area contributed by atoms with Gasteiger partial charge >= 0.3 is 0 Å². The maximum Gasteiger partial charge on any atom is 0.261 e. The molecule has 0 bridgehead atoms. The van der Waals surface area contributed by atoms with Crippen LogP contribution < -0.4 is 15.5 Å². The zero-order chi connectivity index (χ0) is 15.0. The summed E-state index contributed by atoms with van der Waals surface area (Å²) in [5.74, 6) is 0.512. The Kier molecular flexibility index (Phi) is 4.14. The SMILES string of the molecule is CC1CNCCC1NC(=O)c1cc2sc(N(C)C)nc2s1. The lowest BCUT2D eigenvalue weighted by Crippen LogP contribution is -2.48. The first-order valence-corrected chi connectivity index (χ1v) is 8.77. The molecule has 114 valence electrons. The third-order valence-electron chi connectivity index (χ3n) is 3.79. The molecule has 7 heteroatoms. The lowest BCUT2D eigenvalue weighted by atomic mass is 9.95. The molecule has 2 atom stereocenters. The third kappa shape index (κ3) is 3.04. The number of piperidine rings is 1. The van der Waals surface area contributed by atoms with Crippen LogP contribution in [-0.4, -0.2) is 44.1 Å². The maximum atomic E-state index is 12.4. The van der Waals surface area contributed by atoms with Crippen molar-refractivity contribution < 1.29 is 4.79 Å². The van der Waals surface area contributed by atoms with Crippen molar-refractivity contribution in [3.05, 3.63) is 10.9 Å². The maximum absolute atomic E-state index is 12.4. The monoisotopic (exact) mass is 324 g/mol. The summed E-state index contributed by atoms with van der Waals surface area (Å²) in [7, 11) is 3.96. The molecule has 1 fully saturated rings. The summed E-state index contributed by atoms with van der Waals surface area (Å²) in [4.78, 5) is 20.6. The second-order valence-electron chi connectivity index (χ2n) is 5.72. The van der Waals surface area contributed by atoms with Crippen molar-refractivity contribution in [1.29, 1.82) is 0 Å². The van der Waals surface area contributed by atoms with E-state index in [1.54, 1.807) is 11.3 Å². The highest BCUT2D eigenvalue weighted by molar-refractivity contribution is 7.29. The molecule has 2 aromatic rings. The Labute approximate surface area is 132 Å². The lowest BCUT2D eigenvalue weighted by molar-refractivity contribution is 0.0918. The molecule has 0 aliphatic carbocycles. The van der Waals surface area contributed by atoms with E-state index >= 15 is 0 Å². The summed E-state index contributed by atoms with van der Waals surface area (Å²) in [6.45, 7) is 4.12. The molecular formula is C14H20N4OS2. The molecular weight excluding hydrogens is 304 g/mol. The zero-order valence-corrected chi connectivity index (χ0v) is 14.1. The molecule has 1 aliphatic rings. The molecule has 2 unspecified atom stereocenters. The normalized spacial score (nSPS) is 22.4. The number of carbonyl (C=O) groups is 1. The van der Waals surface area contributed by atoms with Crippen LogP contribution in [-0.2, 0) is 0 Å². The van der Waals surface area contributed by atoms with Crippen molar-refractivity contribution >= 4 is 43.2 Å². The minimum atomic E-state index is 0.0374. The molecule has 0 aromatic carbocycles. The molecule has 0 radical (unpaired) electrons. The fourth-order valence-corrected chi connectivity index (χ4v) is 4.53. The minimum Gasteiger partial charge on any atom is -0.354 e. The van der Waals surface area contributed by atoms with Gasteiger partial charge in [0.1, 0.15) is 4.83 Å². The zero-order valence-electron chi connectivity index (χ0n) is 12.5. The molecule has 0 spiro atoms. The molecule has 2 N–H and O–H groups in total. The van der Waals surface area contributed by atoms with Crippen LogP contribution >= 0.6 is 22.7 Å². The van der Waals surface area contributed by atoms with E-state index in [-0.39, 0.29) is 11.9 Å². The van der Waals surface area contributed by atoms with Crippen molar-refractivity contribution in [2.24, 2.45) is 5.92 Å². The minimum absolute atomic E-state index is 0.0374. The van der Waals surface area contributed by atoms with Gasteiger partial charge in [0.05, 0.1) is 9.58 Å². The molecule has 0 saturated carbocycles. The van der Waals surface area contributed by atoms with Gasteiger partial charge in [-0.3, -0.25) is 4.79 Å². The van der Waals surface area contributed by atoms with Gasteiger partial charge in [0.25, 0.3) is 5.91 Å². The molecule has 21 heavy (non-hydrogen) atoms. The second-order valence-corrected chi connectivity index (χ2v) is 7.76. The Morgan fingerprint density at radius 2 is 2.29 bits per heavy atom. The number of carbonyl (C=O) groups excluding carboxylic acids is 1. The summed E-state index contributed by atoms with van der Waals surface area (Å²) >= 11 is 3.10. The molecule has 1 aliphatic heterocycles. The van der Waals surface area contributed by atoms with Gasteiger partial charge in [0.15, 0.2) is 5.13 Å². The van der Waals surface area contributed by atoms with Gasteiger partial charge < -0.3 is 15.5 Å². The number of rotatable bonds is 3. The predicted octanol–water partition coefficient (Wildman–Crippen LogP) is 2.15. The number of hydrogen-bond donors (Lipinski definition) is 2. The van der Waals surface area contributed by atoms with Gasteiger partial charge in [0.2, 0.25) is 0 Å². The van der Waals surface area contributed by atoms with E-state index in [4.69, 9.17) is 0 Å². The number of hydrogen-bond acceptors (Lipinski definition) is 6. The molecule has 3 heterocycles. The van der Waals surface area contributed by atoms with Crippen LogP contribution in [0.5, 0.6) is 0 Å². The van der Waals surface area contributed by atoms with Crippen molar-refractivity contribution in [1.82, 2.24) is 15.6 Å². The van der Waals surface area contributed by atoms with Crippen molar-refractivity contribution in [3.8, 4) is 0 Å². The van der Waals surface area contributed by atoms with E-state index in [0.29, 0.717) is 5.92 Å². The van der Waals surface area contributed by atoms with Gasteiger partial charge in [0, 0.05) is 20.1 Å². The van der Waals surface area contributed by atoms with E-state index in [1.807, 2.05) is 25.1 Å². The number of thiazole rings is 1. The summed E-state index contributed by atoms with van der Waals surface area (Å²) in [5.41, 5.74) is 0. The van der Waals surface area contributed by atoms with Crippen LogP contribution in [0.1, 0.15) is 23.0 Å². The van der Waals surface area contributed by atoms with Crippen LogP contribution in [0, 0.1) is 5.92 Å². The average Bonchev–Trinajstić information content (AvgIpc) is 2.99. The topological polar surface area (TPSA) is 57.3 Å². The molecule has 1 saturated heterocycles. The summed E-state index contributed by atoms with van der Waals surface area (Å²) < 4.78 is 1.09. The van der Waals surface area contributed by atoms with Crippen molar-refractivity contribution in [2.75, 3.05) is 32.1 Å². The van der Waals surface area contributed by atoms with Crippen LogP contribution in [0.4, 0.5) is 5.13 Å². The smallest absolute Gasteiger partial charge is 0.261 e. The van der Waals surface area contributed by atoms with Crippen LogP contribution in [0.3, 0.4) is 0 Å². The molecule has 5 nitrogen and oxygen atoms in total. The summed E-state index contributed by atoms with van der Waals surface area (Å²) in [6.07, 6.45) is 0.996. The Morgan fingerprint density at radius 3 is 2.95 bits per heavy atom. The highest BCUT2D eigenvalue weighted by Gasteiger charge is 2.24. The van der Waals surface area contributed by atoms with Gasteiger partial charge in [-0.15, -0.1) is 11.3 Å². The van der Waals surface area contributed by atoms with E-state index in [2.05, 4.69) is 22.5 Å². The summed E-state index contributed by atoms with van der Waals surface area (Å²) in [5, 5.41) is 7.50. The number of thiophene rings is 1. The quantitative estimate of drug-likeness (QED) is 0.908. The largest absolute Gasteiger partial charge is 0.354 e. The molecule has 3 rings (SSSR count). The van der Waals surface area contributed by atoms with Crippen molar-refractivity contribution in [3.63, 3.8) is 0 Å².